The quantitative estimate of drug-likeness (QED) is 0.300. The van der Waals surface area contributed by atoms with Gasteiger partial charge in [-0.2, -0.15) is 13.2 Å². The van der Waals surface area contributed by atoms with Crippen molar-refractivity contribution in [2.24, 2.45) is 0 Å². The first-order valence-corrected chi connectivity index (χ1v) is 14.1. The first-order chi connectivity index (χ1) is 19.3. The molecule has 41 heavy (non-hydrogen) atoms. The number of carbonyl (C=O) groups excluding carboxylic acids is 1. The van der Waals surface area contributed by atoms with E-state index in [9.17, 15) is 30.8 Å². The van der Waals surface area contributed by atoms with Crippen LogP contribution in [0.2, 0.25) is 0 Å². The lowest BCUT2D eigenvalue weighted by molar-refractivity contribution is -0.141. The van der Waals surface area contributed by atoms with Crippen molar-refractivity contribution in [1.82, 2.24) is 10.3 Å². The van der Waals surface area contributed by atoms with E-state index < -0.39 is 40.4 Å². The smallest absolute Gasteiger partial charge is 0.368 e. The summed E-state index contributed by atoms with van der Waals surface area (Å²) in [5, 5.41) is 2.72. The van der Waals surface area contributed by atoms with Gasteiger partial charge >= 0.3 is 6.18 Å². The second-order valence-electron chi connectivity index (χ2n) is 9.90. The predicted molar refractivity (Wildman–Crippen MR) is 150 cm³/mol. The van der Waals surface area contributed by atoms with Gasteiger partial charge in [-0.1, -0.05) is 24.3 Å². The maximum Gasteiger partial charge on any atom is 0.433 e. The van der Waals surface area contributed by atoms with E-state index in [4.69, 9.17) is 0 Å². The fourth-order valence-corrected chi connectivity index (χ4v) is 5.02. The van der Waals surface area contributed by atoms with Crippen LogP contribution in [0.1, 0.15) is 35.2 Å². The van der Waals surface area contributed by atoms with E-state index in [2.05, 4.69) is 21.3 Å². The highest BCUT2D eigenvalue weighted by molar-refractivity contribution is 7.74. The number of anilines is 3. The van der Waals surface area contributed by atoms with Crippen molar-refractivity contribution in [1.29, 1.82) is 0 Å². The highest BCUT2D eigenvalue weighted by Gasteiger charge is 2.34. The number of aromatic nitrogens is 1. The number of alkyl halides is 3. The standard InChI is InChI=1S/C28H31F4N5O3S/c1-18-5-4-6-22(15-18)36-11-13-37(14-12-36)26-21(8-10-25(34-26)28(30,31)32)17-33-27(38)19(2)20-7-9-24(23(29)16-20)35(3)41(39)40/h4-10,15-16,19,41H,11-14,17H2,1-3H3,(H,33,38). The summed E-state index contributed by atoms with van der Waals surface area (Å²) in [5.41, 5.74) is 1.72. The molecule has 1 amide bonds. The van der Waals surface area contributed by atoms with Crippen LogP contribution in [0.25, 0.3) is 0 Å². The maximum absolute atomic E-state index is 14.5. The van der Waals surface area contributed by atoms with Crippen LogP contribution in [0.3, 0.4) is 0 Å². The molecule has 1 N–H and O–H groups in total. The molecule has 1 aliphatic rings. The van der Waals surface area contributed by atoms with Crippen LogP contribution in [0, 0.1) is 12.7 Å². The molecule has 13 heteroatoms. The molecule has 0 spiro atoms. The number of carbonyl (C=O) groups is 1. The highest BCUT2D eigenvalue weighted by Crippen LogP contribution is 2.32. The summed E-state index contributed by atoms with van der Waals surface area (Å²) in [6.45, 7) is 5.52. The third kappa shape index (κ3) is 7.07. The zero-order chi connectivity index (χ0) is 29.9. The minimum Gasteiger partial charge on any atom is -0.368 e. The van der Waals surface area contributed by atoms with E-state index >= 15 is 0 Å². The maximum atomic E-state index is 14.5. The second-order valence-corrected chi connectivity index (χ2v) is 11.0. The second kappa shape index (κ2) is 12.3. The molecule has 1 saturated heterocycles. The Balaban J connectivity index is 1.49. The fraction of sp³-hybridized carbons (Fsp3) is 0.357. The van der Waals surface area contributed by atoms with Crippen molar-refractivity contribution in [3.63, 3.8) is 0 Å². The molecule has 1 unspecified atom stereocenters. The largest absolute Gasteiger partial charge is 0.433 e. The summed E-state index contributed by atoms with van der Waals surface area (Å²) in [7, 11) is -1.82. The van der Waals surface area contributed by atoms with Crippen molar-refractivity contribution in [3.05, 3.63) is 82.8 Å². The van der Waals surface area contributed by atoms with E-state index in [0.29, 0.717) is 37.3 Å². The summed E-state index contributed by atoms with van der Waals surface area (Å²) in [6.07, 6.45) is -4.63. The lowest BCUT2D eigenvalue weighted by atomic mass is 9.99. The summed E-state index contributed by atoms with van der Waals surface area (Å²) in [4.78, 5) is 20.8. The number of piperazine rings is 1. The van der Waals surface area contributed by atoms with E-state index in [0.717, 1.165) is 27.7 Å². The number of rotatable bonds is 8. The molecule has 1 fully saturated rings. The van der Waals surface area contributed by atoms with Crippen molar-refractivity contribution < 1.29 is 30.8 Å². The number of hydrogen-bond acceptors (Lipinski definition) is 6. The number of amides is 1. The molecule has 0 radical (unpaired) electrons. The van der Waals surface area contributed by atoms with E-state index in [-0.39, 0.29) is 18.1 Å². The molecule has 0 bridgehead atoms. The number of thiol groups is 1. The zero-order valence-electron chi connectivity index (χ0n) is 22.8. The first-order valence-electron chi connectivity index (χ1n) is 12.9. The molecule has 1 atom stereocenters. The minimum atomic E-state index is -4.63. The molecule has 1 aromatic heterocycles. The molecule has 2 heterocycles. The highest BCUT2D eigenvalue weighted by atomic mass is 32.2. The van der Waals surface area contributed by atoms with Gasteiger partial charge in [0, 0.05) is 51.0 Å². The number of nitrogens with zero attached hydrogens (tertiary/aromatic N) is 4. The van der Waals surface area contributed by atoms with Crippen LogP contribution in [-0.2, 0) is 28.4 Å². The van der Waals surface area contributed by atoms with Gasteiger partial charge < -0.3 is 15.1 Å². The number of hydrogen-bond donors (Lipinski definition) is 2. The zero-order valence-corrected chi connectivity index (χ0v) is 23.7. The van der Waals surface area contributed by atoms with Gasteiger partial charge in [0.25, 0.3) is 0 Å². The van der Waals surface area contributed by atoms with Gasteiger partial charge in [-0.3, -0.25) is 9.10 Å². The molecule has 4 rings (SSSR count). The Morgan fingerprint density at radius 2 is 1.73 bits per heavy atom. The Morgan fingerprint density at radius 3 is 2.34 bits per heavy atom. The lowest BCUT2D eigenvalue weighted by Gasteiger charge is -2.37. The Bertz CT molecular complexity index is 1480. The third-order valence-corrected chi connectivity index (χ3v) is 7.81. The lowest BCUT2D eigenvalue weighted by Crippen LogP contribution is -2.47. The number of nitrogens with one attached hydrogen (secondary N) is 1. The Hall–Kier alpha value is -3.87. The van der Waals surface area contributed by atoms with Gasteiger partial charge in [-0.05, 0) is 55.3 Å². The molecule has 8 nitrogen and oxygen atoms in total. The van der Waals surface area contributed by atoms with Crippen molar-refractivity contribution in [3.8, 4) is 0 Å². The molecule has 0 aliphatic carbocycles. The summed E-state index contributed by atoms with van der Waals surface area (Å²) in [6, 6.07) is 14.0. The molecular formula is C28H31F4N5O3S. The normalized spacial score (nSPS) is 14.7. The first kappa shape index (κ1) is 30.1. The molecule has 3 aromatic rings. The van der Waals surface area contributed by atoms with Crippen LogP contribution >= 0.6 is 0 Å². The van der Waals surface area contributed by atoms with Gasteiger partial charge in [0.1, 0.15) is 17.3 Å². The predicted octanol–water partition coefficient (Wildman–Crippen LogP) is 4.26. The van der Waals surface area contributed by atoms with Crippen LogP contribution in [0.5, 0.6) is 0 Å². The monoisotopic (exact) mass is 593 g/mol. The minimum absolute atomic E-state index is 0.0816. The molecule has 0 saturated carbocycles. The summed E-state index contributed by atoms with van der Waals surface area (Å²) >= 11 is 0. The van der Waals surface area contributed by atoms with E-state index in [1.54, 1.807) is 11.8 Å². The van der Waals surface area contributed by atoms with Gasteiger partial charge in [0.05, 0.1) is 11.6 Å². The number of pyridine rings is 1. The van der Waals surface area contributed by atoms with Crippen LogP contribution in [0.15, 0.2) is 54.6 Å². The Morgan fingerprint density at radius 1 is 1.05 bits per heavy atom. The fourth-order valence-electron chi connectivity index (χ4n) is 4.68. The SMILES string of the molecule is Cc1cccc(N2CCN(c3nc(C(F)(F)F)ccc3CNC(=O)C(C)c3ccc(N(C)[SH](=O)=O)c(F)c3)CC2)c1. The number of halogens is 4. The molecule has 2 aromatic carbocycles. The summed E-state index contributed by atoms with van der Waals surface area (Å²) in [5.74, 6) is -1.94. The number of benzene rings is 2. The van der Waals surface area contributed by atoms with Gasteiger partial charge in [0.2, 0.25) is 16.8 Å². The van der Waals surface area contributed by atoms with Gasteiger partial charge in [0.15, 0.2) is 0 Å². The van der Waals surface area contributed by atoms with Gasteiger partial charge in [-0.25, -0.2) is 17.8 Å². The van der Waals surface area contributed by atoms with E-state index in [1.165, 1.54) is 25.2 Å². The average Bonchev–Trinajstić information content (AvgIpc) is 2.94. The van der Waals surface area contributed by atoms with Crippen LogP contribution in [-0.4, -0.2) is 52.5 Å². The third-order valence-electron chi connectivity index (χ3n) is 7.10. The number of aryl methyl sites for hydroxylation is 1. The van der Waals surface area contributed by atoms with Crippen LogP contribution < -0.4 is 19.4 Å². The average molecular weight is 594 g/mol. The topological polar surface area (TPSA) is 85.8 Å². The van der Waals surface area contributed by atoms with Crippen molar-refractivity contribution in [2.45, 2.75) is 32.5 Å². The summed E-state index contributed by atoms with van der Waals surface area (Å²) < 4.78 is 78.2. The van der Waals surface area contributed by atoms with Crippen molar-refractivity contribution in [2.75, 3.05) is 47.3 Å². The van der Waals surface area contributed by atoms with Gasteiger partial charge in [-0.15, -0.1) is 0 Å². The molecular weight excluding hydrogens is 562 g/mol. The Labute approximate surface area is 237 Å². The Kier molecular flexibility index (Phi) is 9.05. The molecule has 1 aliphatic heterocycles. The van der Waals surface area contributed by atoms with E-state index in [1.807, 2.05) is 25.1 Å². The van der Waals surface area contributed by atoms with Crippen molar-refractivity contribution >= 4 is 34.0 Å². The van der Waals surface area contributed by atoms with Crippen LogP contribution in [0.4, 0.5) is 34.8 Å². The molecule has 220 valence electrons.